The van der Waals surface area contributed by atoms with Crippen LogP contribution in [0.4, 0.5) is 0 Å². The van der Waals surface area contributed by atoms with E-state index in [0.717, 1.165) is 21.3 Å². The molecule has 0 saturated carbocycles. The lowest BCUT2D eigenvalue weighted by Crippen LogP contribution is -2.09. The first kappa shape index (κ1) is 14.1. The van der Waals surface area contributed by atoms with Crippen molar-refractivity contribution in [2.45, 2.75) is 26.1 Å². The Labute approximate surface area is 122 Å². The fourth-order valence-electron chi connectivity index (χ4n) is 1.92. The van der Waals surface area contributed by atoms with E-state index in [9.17, 15) is 5.11 Å². The van der Waals surface area contributed by atoms with Gasteiger partial charge in [0.05, 0.1) is 6.10 Å². The summed E-state index contributed by atoms with van der Waals surface area (Å²) in [5.74, 6) is 0.727. The van der Waals surface area contributed by atoms with Crippen LogP contribution in [0.2, 0.25) is 0 Å². The van der Waals surface area contributed by atoms with Crippen LogP contribution in [0.25, 0.3) is 0 Å². The van der Waals surface area contributed by atoms with Crippen LogP contribution in [-0.2, 0) is 0 Å². The standard InChI is InChI=1S/C16H17BrO2/c1-11(2)19-15-9-4-3-8-14(15)16(18)12-6-5-7-13(17)10-12/h3-11,16,18H,1-2H3. The van der Waals surface area contributed by atoms with E-state index in [-0.39, 0.29) is 6.10 Å². The smallest absolute Gasteiger partial charge is 0.125 e. The van der Waals surface area contributed by atoms with Gasteiger partial charge in [-0.2, -0.15) is 0 Å². The normalized spacial score (nSPS) is 12.5. The lowest BCUT2D eigenvalue weighted by atomic mass is 10.0. The van der Waals surface area contributed by atoms with E-state index in [0.29, 0.717) is 0 Å². The van der Waals surface area contributed by atoms with Crippen molar-refractivity contribution in [3.8, 4) is 5.75 Å². The topological polar surface area (TPSA) is 29.5 Å². The van der Waals surface area contributed by atoms with Gasteiger partial charge in [-0.15, -0.1) is 0 Å². The predicted molar refractivity (Wildman–Crippen MR) is 80.4 cm³/mol. The van der Waals surface area contributed by atoms with Gasteiger partial charge in [0.1, 0.15) is 11.9 Å². The summed E-state index contributed by atoms with van der Waals surface area (Å²) in [7, 11) is 0. The van der Waals surface area contributed by atoms with Gasteiger partial charge in [-0.1, -0.05) is 46.3 Å². The first-order valence-electron chi connectivity index (χ1n) is 6.27. The van der Waals surface area contributed by atoms with E-state index in [4.69, 9.17) is 4.74 Å². The average Bonchev–Trinajstić information content (AvgIpc) is 2.38. The van der Waals surface area contributed by atoms with Crippen LogP contribution in [0.1, 0.15) is 31.1 Å². The zero-order chi connectivity index (χ0) is 13.8. The SMILES string of the molecule is CC(C)Oc1ccccc1C(O)c1cccc(Br)c1. The summed E-state index contributed by atoms with van der Waals surface area (Å²) in [6.07, 6.45) is -0.608. The number of aliphatic hydroxyl groups is 1. The second kappa shape index (κ2) is 6.22. The summed E-state index contributed by atoms with van der Waals surface area (Å²) in [5.41, 5.74) is 1.63. The number of halogens is 1. The molecule has 0 aromatic heterocycles. The highest BCUT2D eigenvalue weighted by Crippen LogP contribution is 2.31. The van der Waals surface area contributed by atoms with Gasteiger partial charge in [0, 0.05) is 10.0 Å². The molecule has 0 fully saturated rings. The van der Waals surface area contributed by atoms with Crippen molar-refractivity contribution in [1.82, 2.24) is 0 Å². The van der Waals surface area contributed by atoms with E-state index in [2.05, 4.69) is 15.9 Å². The van der Waals surface area contributed by atoms with Crippen molar-refractivity contribution in [1.29, 1.82) is 0 Å². The summed E-state index contributed by atoms with van der Waals surface area (Å²) >= 11 is 3.42. The minimum absolute atomic E-state index is 0.0795. The highest BCUT2D eigenvalue weighted by atomic mass is 79.9. The Hall–Kier alpha value is -1.32. The Bertz CT molecular complexity index is 552. The first-order chi connectivity index (χ1) is 9.08. The van der Waals surface area contributed by atoms with Gasteiger partial charge in [0.15, 0.2) is 0 Å². The molecule has 1 N–H and O–H groups in total. The van der Waals surface area contributed by atoms with Gasteiger partial charge >= 0.3 is 0 Å². The summed E-state index contributed by atoms with van der Waals surface area (Å²) in [6.45, 7) is 3.95. The van der Waals surface area contributed by atoms with Crippen molar-refractivity contribution in [3.05, 3.63) is 64.1 Å². The number of para-hydroxylation sites is 1. The van der Waals surface area contributed by atoms with Gasteiger partial charge in [0.2, 0.25) is 0 Å². The fraction of sp³-hybridized carbons (Fsp3) is 0.250. The van der Waals surface area contributed by atoms with Crippen LogP contribution >= 0.6 is 15.9 Å². The first-order valence-corrected chi connectivity index (χ1v) is 7.06. The molecule has 0 aliphatic rings. The maximum absolute atomic E-state index is 10.5. The van der Waals surface area contributed by atoms with Gasteiger partial charge in [-0.25, -0.2) is 0 Å². The highest BCUT2D eigenvalue weighted by Gasteiger charge is 2.16. The molecule has 0 radical (unpaired) electrons. The van der Waals surface area contributed by atoms with Crippen molar-refractivity contribution in [2.24, 2.45) is 0 Å². The lowest BCUT2D eigenvalue weighted by molar-refractivity contribution is 0.198. The molecule has 2 nitrogen and oxygen atoms in total. The number of ether oxygens (including phenoxy) is 1. The highest BCUT2D eigenvalue weighted by molar-refractivity contribution is 9.10. The van der Waals surface area contributed by atoms with Gasteiger partial charge in [-0.3, -0.25) is 0 Å². The molecule has 0 saturated heterocycles. The number of rotatable bonds is 4. The predicted octanol–water partition coefficient (Wildman–Crippen LogP) is 4.32. The Morgan fingerprint density at radius 3 is 2.47 bits per heavy atom. The molecule has 3 heteroatoms. The van der Waals surface area contributed by atoms with Crippen LogP contribution in [0.15, 0.2) is 53.0 Å². The molecule has 100 valence electrons. The van der Waals surface area contributed by atoms with E-state index in [1.807, 2.05) is 62.4 Å². The Morgan fingerprint density at radius 1 is 1.05 bits per heavy atom. The molecular weight excluding hydrogens is 304 g/mol. The maximum Gasteiger partial charge on any atom is 0.125 e. The molecule has 0 spiro atoms. The summed E-state index contributed by atoms with van der Waals surface area (Å²) in [6, 6.07) is 15.3. The molecule has 2 rings (SSSR count). The largest absolute Gasteiger partial charge is 0.491 e. The monoisotopic (exact) mass is 320 g/mol. The molecule has 1 unspecified atom stereocenters. The van der Waals surface area contributed by atoms with E-state index in [1.54, 1.807) is 0 Å². The zero-order valence-corrected chi connectivity index (χ0v) is 12.6. The van der Waals surface area contributed by atoms with Gasteiger partial charge < -0.3 is 9.84 Å². The van der Waals surface area contributed by atoms with Crippen LogP contribution in [0.3, 0.4) is 0 Å². The summed E-state index contributed by atoms with van der Waals surface area (Å²) < 4.78 is 6.70. The van der Waals surface area contributed by atoms with E-state index in [1.165, 1.54) is 0 Å². The number of benzene rings is 2. The Kier molecular flexibility index (Phi) is 4.61. The zero-order valence-electron chi connectivity index (χ0n) is 11.0. The van der Waals surface area contributed by atoms with Crippen LogP contribution in [0, 0.1) is 0 Å². The van der Waals surface area contributed by atoms with Crippen molar-refractivity contribution >= 4 is 15.9 Å². The van der Waals surface area contributed by atoms with Gasteiger partial charge in [0.25, 0.3) is 0 Å². The third-order valence-corrected chi connectivity index (χ3v) is 3.23. The fourth-order valence-corrected chi connectivity index (χ4v) is 2.34. The molecular formula is C16H17BrO2. The second-order valence-electron chi connectivity index (χ2n) is 4.66. The second-order valence-corrected chi connectivity index (χ2v) is 5.58. The third kappa shape index (κ3) is 3.58. The Morgan fingerprint density at radius 2 is 1.79 bits per heavy atom. The molecule has 19 heavy (non-hydrogen) atoms. The molecule has 0 heterocycles. The van der Waals surface area contributed by atoms with Crippen molar-refractivity contribution in [2.75, 3.05) is 0 Å². The molecule has 0 bridgehead atoms. The van der Waals surface area contributed by atoms with Crippen molar-refractivity contribution < 1.29 is 9.84 Å². The minimum atomic E-state index is -0.688. The molecule has 0 amide bonds. The Balaban J connectivity index is 2.35. The van der Waals surface area contributed by atoms with E-state index < -0.39 is 6.10 Å². The quantitative estimate of drug-likeness (QED) is 0.909. The molecule has 1 atom stereocenters. The van der Waals surface area contributed by atoms with Crippen LogP contribution in [-0.4, -0.2) is 11.2 Å². The molecule has 2 aromatic rings. The minimum Gasteiger partial charge on any atom is -0.491 e. The van der Waals surface area contributed by atoms with E-state index >= 15 is 0 Å². The van der Waals surface area contributed by atoms with Crippen LogP contribution in [0.5, 0.6) is 5.75 Å². The van der Waals surface area contributed by atoms with Crippen molar-refractivity contribution in [3.63, 3.8) is 0 Å². The average molecular weight is 321 g/mol. The number of hydrogen-bond acceptors (Lipinski definition) is 2. The summed E-state index contributed by atoms with van der Waals surface area (Å²) in [4.78, 5) is 0. The summed E-state index contributed by atoms with van der Waals surface area (Å²) in [5, 5.41) is 10.5. The van der Waals surface area contributed by atoms with Gasteiger partial charge in [-0.05, 0) is 37.6 Å². The number of aliphatic hydroxyl groups excluding tert-OH is 1. The number of hydrogen-bond donors (Lipinski definition) is 1. The molecule has 2 aromatic carbocycles. The van der Waals surface area contributed by atoms with Crippen LogP contribution < -0.4 is 4.74 Å². The lowest BCUT2D eigenvalue weighted by Gasteiger charge is -2.18. The third-order valence-electron chi connectivity index (χ3n) is 2.74. The molecule has 0 aliphatic heterocycles. The maximum atomic E-state index is 10.5. The molecule has 0 aliphatic carbocycles.